The lowest BCUT2D eigenvalue weighted by atomic mass is 10.2. The summed E-state index contributed by atoms with van der Waals surface area (Å²) in [5.41, 5.74) is 0. The van der Waals surface area contributed by atoms with E-state index in [1.165, 1.54) is 26.2 Å². The van der Waals surface area contributed by atoms with Crippen molar-refractivity contribution in [1.29, 1.82) is 0 Å². The van der Waals surface area contributed by atoms with Crippen LogP contribution >= 0.6 is 0 Å². The molecule has 0 spiro atoms. The second-order valence-electron chi connectivity index (χ2n) is 3.28. The summed E-state index contributed by atoms with van der Waals surface area (Å²) in [6, 6.07) is 0. The Morgan fingerprint density at radius 3 is 2.79 bits per heavy atom. The average Bonchev–Trinajstić information content (AvgIpc) is 2.15. The maximum Gasteiger partial charge on any atom is 0.302 e. The molecule has 0 aliphatic heterocycles. The third-order valence-electron chi connectivity index (χ3n) is 1.82. The van der Waals surface area contributed by atoms with E-state index in [0.29, 0.717) is 6.61 Å². The Hall–Kier alpha value is -0.860. The molecule has 14 heavy (non-hydrogen) atoms. The second kappa shape index (κ2) is 10.2. The van der Waals surface area contributed by atoms with Gasteiger partial charge in [-0.2, -0.15) is 0 Å². The van der Waals surface area contributed by atoms with Crippen LogP contribution in [-0.4, -0.2) is 25.3 Å². The van der Waals surface area contributed by atoms with Crippen molar-refractivity contribution in [3.63, 3.8) is 0 Å². The molecule has 0 saturated carbocycles. The average molecular weight is 199 g/mol. The fraction of sp³-hybridized carbons (Fsp3) is 0.818. The number of nitrogens with zero attached hydrogens (tertiary/aromatic N) is 1. The van der Waals surface area contributed by atoms with Crippen molar-refractivity contribution in [1.82, 2.24) is 0 Å². The largest absolute Gasteiger partial charge is 0.465 e. The van der Waals surface area contributed by atoms with Gasteiger partial charge >= 0.3 is 5.97 Å². The molecule has 3 heteroatoms. The van der Waals surface area contributed by atoms with E-state index < -0.39 is 0 Å². The van der Waals surface area contributed by atoms with E-state index >= 15 is 0 Å². The maximum atomic E-state index is 10.4. The molecule has 3 nitrogen and oxygen atoms in total. The Bertz CT molecular complexity index is 167. The zero-order chi connectivity index (χ0) is 10.6. The van der Waals surface area contributed by atoms with Crippen LogP contribution in [-0.2, 0) is 9.53 Å². The Balaban J connectivity index is 3.07. The van der Waals surface area contributed by atoms with Crippen LogP contribution in [0, 0.1) is 0 Å². The molecule has 0 atom stereocenters. The lowest BCUT2D eigenvalue weighted by molar-refractivity contribution is -0.140. The molecular weight excluding hydrogens is 178 g/mol. The molecule has 0 aromatic rings. The normalized spacial score (nSPS) is 10.7. The van der Waals surface area contributed by atoms with Gasteiger partial charge in [0.15, 0.2) is 0 Å². The highest BCUT2D eigenvalue weighted by Crippen LogP contribution is 1.98. The van der Waals surface area contributed by atoms with Crippen molar-refractivity contribution < 1.29 is 9.53 Å². The number of carbonyl (C=O) groups excluding carboxylic acids is 1. The van der Waals surface area contributed by atoms with E-state index in [4.69, 9.17) is 4.74 Å². The van der Waals surface area contributed by atoms with Gasteiger partial charge in [0.2, 0.25) is 0 Å². The minimum absolute atomic E-state index is 0.221. The molecular formula is C11H21NO2. The Labute approximate surface area is 86.6 Å². The van der Waals surface area contributed by atoms with Gasteiger partial charge in [-0.05, 0) is 6.42 Å². The highest BCUT2D eigenvalue weighted by Gasteiger charge is 1.89. The third kappa shape index (κ3) is 11.1. The minimum Gasteiger partial charge on any atom is -0.465 e. The summed E-state index contributed by atoms with van der Waals surface area (Å²) in [5.74, 6) is -0.221. The Morgan fingerprint density at radius 1 is 1.36 bits per heavy atom. The predicted molar refractivity (Wildman–Crippen MR) is 58.8 cm³/mol. The summed E-state index contributed by atoms with van der Waals surface area (Å²) < 4.78 is 4.76. The van der Waals surface area contributed by atoms with Crippen LogP contribution in [0.15, 0.2) is 4.99 Å². The quantitative estimate of drug-likeness (QED) is 0.342. The van der Waals surface area contributed by atoms with Crippen LogP contribution in [0.25, 0.3) is 0 Å². The smallest absolute Gasteiger partial charge is 0.302 e. The maximum absolute atomic E-state index is 10.4. The summed E-state index contributed by atoms with van der Waals surface area (Å²) in [6.07, 6.45) is 7.55. The molecule has 0 amide bonds. The molecule has 82 valence electrons. The van der Waals surface area contributed by atoms with Crippen LogP contribution < -0.4 is 0 Å². The first kappa shape index (κ1) is 13.1. The molecule has 0 saturated heterocycles. The number of ether oxygens (including phenoxy) is 1. The van der Waals surface area contributed by atoms with Crippen molar-refractivity contribution in [2.75, 3.05) is 13.2 Å². The highest BCUT2D eigenvalue weighted by molar-refractivity contribution is 5.66. The Morgan fingerprint density at radius 2 is 2.14 bits per heavy atom. The molecule has 0 unspecified atom stereocenters. The minimum atomic E-state index is -0.221. The summed E-state index contributed by atoms with van der Waals surface area (Å²) >= 11 is 0. The molecule has 0 aliphatic carbocycles. The van der Waals surface area contributed by atoms with E-state index in [0.717, 1.165) is 19.4 Å². The van der Waals surface area contributed by atoms with Crippen molar-refractivity contribution in [3.8, 4) is 0 Å². The molecule has 0 N–H and O–H groups in total. The third-order valence-corrected chi connectivity index (χ3v) is 1.82. The molecule has 0 bridgehead atoms. The van der Waals surface area contributed by atoms with Gasteiger partial charge in [-0.1, -0.05) is 26.2 Å². The standard InChI is InChI=1S/C11H21NO2/c1-3-4-5-6-8-12-9-7-10-14-11(2)13/h9H,3-8,10H2,1-2H3. The summed E-state index contributed by atoms with van der Waals surface area (Å²) in [6.45, 7) is 4.97. The van der Waals surface area contributed by atoms with E-state index in [9.17, 15) is 4.79 Å². The van der Waals surface area contributed by atoms with Crippen molar-refractivity contribution in [2.45, 2.75) is 46.0 Å². The molecule has 0 aromatic heterocycles. The topological polar surface area (TPSA) is 38.7 Å². The van der Waals surface area contributed by atoms with Gasteiger partial charge in [0, 0.05) is 26.1 Å². The number of hydrogen-bond donors (Lipinski definition) is 0. The fourth-order valence-corrected chi connectivity index (χ4v) is 1.07. The SMILES string of the molecule is CCCCCCN=CCCOC(C)=O. The molecule has 0 heterocycles. The van der Waals surface area contributed by atoms with Crippen molar-refractivity contribution in [3.05, 3.63) is 0 Å². The van der Waals surface area contributed by atoms with Crippen LogP contribution in [0.4, 0.5) is 0 Å². The fourth-order valence-electron chi connectivity index (χ4n) is 1.07. The number of aliphatic imine (C=N–C) groups is 1. The van der Waals surface area contributed by atoms with E-state index in [1.807, 2.05) is 6.21 Å². The van der Waals surface area contributed by atoms with Gasteiger partial charge in [-0.3, -0.25) is 9.79 Å². The first-order valence-corrected chi connectivity index (χ1v) is 5.39. The molecule has 0 rings (SSSR count). The van der Waals surface area contributed by atoms with Gasteiger partial charge < -0.3 is 4.74 Å². The molecule has 0 aromatic carbocycles. The van der Waals surface area contributed by atoms with E-state index in [1.54, 1.807) is 0 Å². The van der Waals surface area contributed by atoms with Gasteiger partial charge in [0.25, 0.3) is 0 Å². The monoisotopic (exact) mass is 199 g/mol. The van der Waals surface area contributed by atoms with Crippen LogP contribution in [0.2, 0.25) is 0 Å². The molecule has 0 fully saturated rings. The number of esters is 1. The zero-order valence-corrected chi connectivity index (χ0v) is 9.29. The van der Waals surface area contributed by atoms with Gasteiger partial charge in [0.1, 0.15) is 0 Å². The van der Waals surface area contributed by atoms with Gasteiger partial charge in [-0.25, -0.2) is 0 Å². The molecule has 0 aliphatic rings. The summed E-state index contributed by atoms with van der Waals surface area (Å²) in [7, 11) is 0. The summed E-state index contributed by atoms with van der Waals surface area (Å²) in [4.78, 5) is 14.6. The lowest BCUT2D eigenvalue weighted by Gasteiger charge is -1.97. The van der Waals surface area contributed by atoms with Crippen LogP contribution in [0.5, 0.6) is 0 Å². The first-order valence-electron chi connectivity index (χ1n) is 5.39. The number of hydrogen-bond acceptors (Lipinski definition) is 3. The van der Waals surface area contributed by atoms with Gasteiger partial charge in [0.05, 0.1) is 6.61 Å². The summed E-state index contributed by atoms with van der Waals surface area (Å²) in [5, 5.41) is 0. The Kier molecular flexibility index (Phi) is 9.59. The van der Waals surface area contributed by atoms with Crippen LogP contribution in [0.3, 0.4) is 0 Å². The number of unbranched alkanes of at least 4 members (excludes halogenated alkanes) is 3. The van der Waals surface area contributed by atoms with Gasteiger partial charge in [-0.15, -0.1) is 0 Å². The highest BCUT2D eigenvalue weighted by atomic mass is 16.5. The first-order chi connectivity index (χ1) is 6.77. The number of rotatable bonds is 8. The molecule has 0 radical (unpaired) electrons. The van der Waals surface area contributed by atoms with Crippen molar-refractivity contribution in [2.24, 2.45) is 4.99 Å². The van der Waals surface area contributed by atoms with Crippen LogP contribution in [0.1, 0.15) is 46.0 Å². The lowest BCUT2D eigenvalue weighted by Crippen LogP contribution is -2.00. The van der Waals surface area contributed by atoms with E-state index in [-0.39, 0.29) is 5.97 Å². The zero-order valence-electron chi connectivity index (χ0n) is 9.29. The van der Waals surface area contributed by atoms with E-state index in [2.05, 4.69) is 11.9 Å². The predicted octanol–water partition coefficient (Wildman–Crippen LogP) is 2.59. The number of carbonyl (C=O) groups is 1. The van der Waals surface area contributed by atoms with Crippen molar-refractivity contribution >= 4 is 12.2 Å². The second-order valence-corrected chi connectivity index (χ2v) is 3.28.